The summed E-state index contributed by atoms with van der Waals surface area (Å²) in [4.78, 5) is 8.68. The van der Waals surface area contributed by atoms with Crippen LogP contribution >= 0.6 is 11.6 Å². The molecule has 15 heavy (non-hydrogen) atoms. The molecule has 0 aromatic carbocycles. The molecule has 0 atom stereocenters. The largest absolute Gasteiger partial charge is 0.237 e. The fourth-order valence-electron chi connectivity index (χ4n) is 1.59. The van der Waals surface area contributed by atoms with Crippen molar-refractivity contribution in [3.63, 3.8) is 0 Å². The molecule has 0 fully saturated rings. The summed E-state index contributed by atoms with van der Waals surface area (Å²) in [7, 11) is 0. The van der Waals surface area contributed by atoms with Crippen LogP contribution in [0.25, 0.3) is 17.1 Å². The van der Waals surface area contributed by atoms with Crippen LogP contribution in [0, 0.1) is 13.8 Å². The van der Waals surface area contributed by atoms with Crippen LogP contribution in [0.3, 0.4) is 0 Å². The van der Waals surface area contributed by atoms with E-state index in [1.165, 1.54) is 11.1 Å². The van der Waals surface area contributed by atoms with Gasteiger partial charge in [0.15, 0.2) is 5.65 Å². The summed E-state index contributed by atoms with van der Waals surface area (Å²) in [5.74, 6) is 0. The van der Waals surface area contributed by atoms with Crippen LogP contribution in [0.2, 0.25) is 0 Å². The molecule has 0 amide bonds. The second-order valence-corrected chi connectivity index (χ2v) is 3.67. The van der Waals surface area contributed by atoms with Gasteiger partial charge in [-0.2, -0.15) is 0 Å². The van der Waals surface area contributed by atoms with Gasteiger partial charge in [0, 0.05) is 17.1 Å². The van der Waals surface area contributed by atoms with Crippen LogP contribution in [0.1, 0.15) is 16.8 Å². The van der Waals surface area contributed by atoms with Crippen LogP contribution in [-0.4, -0.2) is 9.97 Å². The molecule has 0 aliphatic heterocycles. The second-order valence-electron chi connectivity index (χ2n) is 3.41. The Balaban J connectivity index is 2.82. The summed E-state index contributed by atoms with van der Waals surface area (Å²) in [5.41, 5.74) is 5.48. The average molecular weight is 219 g/mol. The van der Waals surface area contributed by atoms with E-state index in [0.717, 1.165) is 22.3 Å². The molecule has 0 unspecified atom stereocenters. The number of hydrogen-bond donors (Lipinski definition) is 0. The third-order valence-corrected chi connectivity index (χ3v) is 2.71. The first-order valence-corrected chi connectivity index (χ1v) is 5.16. The highest BCUT2D eigenvalue weighted by Crippen LogP contribution is 2.21. The standard InChI is InChI=1S/C12H11ClN2/c1-8-9(2)11(5-6-13)15-12-10(8)4-3-7-14-12/h3-7H,1-2H3. The van der Waals surface area contributed by atoms with E-state index in [1.54, 1.807) is 12.3 Å². The van der Waals surface area contributed by atoms with E-state index < -0.39 is 0 Å². The molecule has 2 aromatic rings. The van der Waals surface area contributed by atoms with Crippen LogP contribution in [0.15, 0.2) is 23.9 Å². The van der Waals surface area contributed by atoms with Crippen molar-refractivity contribution in [2.75, 3.05) is 0 Å². The lowest BCUT2D eigenvalue weighted by Crippen LogP contribution is -1.95. The molecule has 2 nitrogen and oxygen atoms in total. The Morgan fingerprint density at radius 3 is 2.80 bits per heavy atom. The van der Waals surface area contributed by atoms with Gasteiger partial charge in [-0.15, -0.1) is 0 Å². The number of pyridine rings is 2. The van der Waals surface area contributed by atoms with E-state index in [-0.39, 0.29) is 0 Å². The molecule has 0 saturated carbocycles. The lowest BCUT2D eigenvalue weighted by molar-refractivity contribution is 1.20. The fourth-order valence-corrected chi connectivity index (χ4v) is 1.71. The van der Waals surface area contributed by atoms with Crippen molar-refractivity contribution in [1.82, 2.24) is 9.97 Å². The van der Waals surface area contributed by atoms with Gasteiger partial charge in [-0.3, -0.25) is 0 Å². The molecule has 0 saturated heterocycles. The van der Waals surface area contributed by atoms with Crippen LogP contribution in [-0.2, 0) is 0 Å². The maximum absolute atomic E-state index is 5.57. The SMILES string of the molecule is Cc1c(C=CCl)nc2ncccc2c1C. The number of halogens is 1. The highest BCUT2D eigenvalue weighted by atomic mass is 35.5. The third kappa shape index (κ3) is 1.73. The summed E-state index contributed by atoms with van der Waals surface area (Å²) in [6.45, 7) is 4.12. The molecule has 0 N–H and O–H groups in total. The lowest BCUT2D eigenvalue weighted by Gasteiger charge is -2.07. The Bertz CT molecular complexity index is 532. The van der Waals surface area contributed by atoms with Crippen molar-refractivity contribution in [3.8, 4) is 0 Å². The van der Waals surface area contributed by atoms with Gasteiger partial charge in [-0.25, -0.2) is 9.97 Å². The maximum atomic E-state index is 5.57. The summed E-state index contributed by atoms with van der Waals surface area (Å²) in [6, 6.07) is 3.96. The number of hydrogen-bond acceptors (Lipinski definition) is 2. The predicted octanol–water partition coefficient (Wildman–Crippen LogP) is 3.46. The Morgan fingerprint density at radius 2 is 2.07 bits per heavy atom. The number of aromatic nitrogens is 2. The molecule has 0 spiro atoms. The van der Waals surface area contributed by atoms with E-state index in [2.05, 4.69) is 16.9 Å². The van der Waals surface area contributed by atoms with Crippen LogP contribution in [0.4, 0.5) is 0 Å². The van der Waals surface area contributed by atoms with Gasteiger partial charge in [0.05, 0.1) is 5.69 Å². The summed E-state index contributed by atoms with van der Waals surface area (Å²) >= 11 is 5.57. The highest BCUT2D eigenvalue weighted by Gasteiger charge is 2.06. The quantitative estimate of drug-likeness (QED) is 0.733. The third-order valence-electron chi connectivity index (χ3n) is 2.58. The van der Waals surface area contributed by atoms with Crippen molar-refractivity contribution in [2.24, 2.45) is 0 Å². The minimum Gasteiger partial charge on any atom is -0.237 e. The summed E-state index contributed by atoms with van der Waals surface area (Å²) < 4.78 is 0. The Morgan fingerprint density at radius 1 is 1.27 bits per heavy atom. The molecule has 0 bridgehead atoms. The molecular weight excluding hydrogens is 208 g/mol. The van der Waals surface area contributed by atoms with Gasteiger partial charge < -0.3 is 0 Å². The maximum Gasteiger partial charge on any atom is 0.160 e. The van der Waals surface area contributed by atoms with Crippen molar-refractivity contribution < 1.29 is 0 Å². The second kappa shape index (κ2) is 3.99. The van der Waals surface area contributed by atoms with E-state index in [4.69, 9.17) is 11.6 Å². The molecule has 76 valence electrons. The molecule has 0 radical (unpaired) electrons. The first-order chi connectivity index (χ1) is 7.24. The zero-order chi connectivity index (χ0) is 10.8. The zero-order valence-electron chi connectivity index (χ0n) is 8.66. The van der Waals surface area contributed by atoms with Crippen molar-refractivity contribution in [2.45, 2.75) is 13.8 Å². The molecule has 2 aromatic heterocycles. The smallest absolute Gasteiger partial charge is 0.160 e. The van der Waals surface area contributed by atoms with Crippen LogP contribution in [0.5, 0.6) is 0 Å². The first kappa shape index (κ1) is 10.1. The molecule has 2 rings (SSSR count). The normalized spacial score (nSPS) is 11.4. The van der Waals surface area contributed by atoms with Crippen molar-refractivity contribution >= 4 is 28.7 Å². The van der Waals surface area contributed by atoms with Gasteiger partial charge >= 0.3 is 0 Å². The van der Waals surface area contributed by atoms with E-state index >= 15 is 0 Å². The predicted molar refractivity (Wildman–Crippen MR) is 63.9 cm³/mol. The van der Waals surface area contributed by atoms with Crippen LogP contribution < -0.4 is 0 Å². The number of rotatable bonds is 1. The van der Waals surface area contributed by atoms with Gasteiger partial charge in [-0.1, -0.05) is 11.6 Å². The summed E-state index contributed by atoms with van der Waals surface area (Å²) in [5, 5.41) is 1.10. The molecular formula is C12H11ClN2. The van der Waals surface area contributed by atoms with Gasteiger partial charge in [0.25, 0.3) is 0 Å². The lowest BCUT2D eigenvalue weighted by atomic mass is 10.1. The zero-order valence-corrected chi connectivity index (χ0v) is 9.42. The van der Waals surface area contributed by atoms with E-state index in [9.17, 15) is 0 Å². The summed E-state index contributed by atoms with van der Waals surface area (Å²) in [6.07, 6.45) is 3.54. The average Bonchev–Trinajstić information content (AvgIpc) is 2.26. The number of aryl methyl sites for hydroxylation is 1. The Labute approximate surface area is 93.6 Å². The topological polar surface area (TPSA) is 25.8 Å². The van der Waals surface area contributed by atoms with Gasteiger partial charge in [-0.05, 0) is 43.2 Å². The molecule has 0 aliphatic rings. The van der Waals surface area contributed by atoms with Gasteiger partial charge in [0.2, 0.25) is 0 Å². The monoisotopic (exact) mass is 218 g/mol. The minimum absolute atomic E-state index is 0.769. The minimum atomic E-state index is 0.769. The van der Waals surface area contributed by atoms with Crippen molar-refractivity contribution in [3.05, 3.63) is 40.7 Å². The number of fused-ring (bicyclic) bond motifs is 1. The highest BCUT2D eigenvalue weighted by molar-refractivity contribution is 6.27. The van der Waals surface area contributed by atoms with E-state index in [1.807, 2.05) is 19.1 Å². The van der Waals surface area contributed by atoms with Crippen molar-refractivity contribution in [1.29, 1.82) is 0 Å². The molecule has 2 heterocycles. The van der Waals surface area contributed by atoms with Gasteiger partial charge in [0.1, 0.15) is 0 Å². The first-order valence-electron chi connectivity index (χ1n) is 4.72. The number of nitrogens with zero attached hydrogens (tertiary/aromatic N) is 2. The Hall–Kier alpha value is -1.41. The molecule has 3 heteroatoms. The Kier molecular flexibility index (Phi) is 2.69. The van der Waals surface area contributed by atoms with E-state index in [0.29, 0.717) is 0 Å². The molecule has 0 aliphatic carbocycles. The fraction of sp³-hybridized carbons (Fsp3) is 0.167.